The zero-order valence-electron chi connectivity index (χ0n) is 11.9. The molecule has 0 spiro atoms. The summed E-state index contributed by atoms with van der Waals surface area (Å²) in [4.78, 5) is 15.8. The number of fused-ring (bicyclic) bond motifs is 1. The zero-order chi connectivity index (χ0) is 15.0. The van der Waals surface area contributed by atoms with Crippen molar-refractivity contribution in [3.8, 4) is 10.9 Å². The minimum atomic E-state index is -0.352. The lowest BCUT2D eigenvalue weighted by Gasteiger charge is -2.09. The summed E-state index contributed by atoms with van der Waals surface area (Å²) in [6.07, 6.45) is 0. The van der Waals surface area contributed by atoms with Crippen LogP contribution in [0.5, 0.6) is 10.9 Å². The summed E-state index contributed by atoms with van der Waals surface area (Å²) in [6.45, 7) is 5.89. The van der Waals surface area contributed by atoms with Gasteiger partial charge in [0.1, 0.15) is 17.2 Å². The van der Waals surface area contributed by atoms with Gasteiger partial charge in [-0.25, -0.2) is 4.79 Å². The maximum atomic E-state index is 11.7. The number of nitrogens with zero attached hydrogens (tertiary/aromatic N) is 2. The topological polar surface area (TPSA) is 65.2 Å². The van der Waals surface area contributed by atoms with E-state index in [0.29, 0.717) is 22.4 Å². The van der Waals surface area contributed by atoms with Crippen molar-refractivity contribution in [2.24, 2.45) is 0 Å². The SMILES string of the molecule is Cc1nsc(Oc2ccc3c(C(C)C)cc(=O)oc3c2)n1. The molecule has 0 amide bonds. The van der Waals surface area contributed by atoms with Crippen molar-refractivity contribution >= 4 is 22.5 Å². The average molecular weight is 302 g/mol. The second kappa shape index (κ2) is 5.29. The van der Waals surface area contributed by atoms with E-state index in [9.17, 15) is 4.79 Å². The van der Waals surface area contributed by atoms with E-state index in [1.54, 1.807) is 19.1 Å². The van der Waals surface area contributed by atoms with Gasteiger partial charge in [-0.1, -0.05) is 13.8 Å². The number of hydrogen-bond donors (Lipinski definition) is 0. The van der Waals surface area contributed by atoms with Crippen LogP contribution in [0.25, 0.3) is 11.0 Å². The smallest absolute Gasteiger partial charge is 0.336 e. The highest BCUT2D eigenvalue weighted by atomic mass is 32.1. The summed E-state index contributed by atoms with van der Waals surface area (Å²) < 4.78 is 15.0. The second-order valence-corrected chi connectivity index (χ2v) is 5.76. The second-order valence-electron chi connectivity index (χ2n) is 5.04. The van der Waals surface area contributed by atoms with Gasteiger partial charge in [0, 0.05) is 29.1 Å². The quantitative estimate of drug-likeness (QED) is 0.687. The molecule has 2 aromatic heterocycles. The number of hydrogen-bond acceptors (Lipinski definition) is 6. The first kappa shape index (κ1) is 13.8. The summed E-state index contributed by atoms with van der Waals surface area (Å²) in [6, 6.07) is 6.99. The van der Waals surface area contributed by atoms with Gasteiger partial charge in [0.25, 0.3) is 5.19 Å². The minimum Gasteiger partial charge on any atom is -0.430 e. The van der Waals surface area contributed by atoms with Crippen molar-refractivity contribution in [1.29, 1.82) is 0 Å². The van der Waals surface area contributed by atoms with Crippen LogP contribution in [0.4, 0.5) is 0 Å². The fourth-order valence-corrected chi connectivity index (χ4v) is 2.69. The molecule has 0 aliphatic rings. The van der Waals surface area contributed by atoms with Gasteiger partial charge in [0.05, 0.1) is 0 Å². The van der Waals surface area contributed by atoms with Crippen molar-refractivity contribution in [2.75, 3.05) is 0 Å². The van der Waals surface area contributed by atoms with Gasteiger partial charge >= 0.3 is 5.63 Å². The van der Waals surface area contributed by atoms with E-state index >= 15 is 0 Å². The van der Waals surface area contributed by atoms with Crippen molar-refractivity contribution in [1.82, 2.24) is 9.36 Å². The molecule has 3 rings (SSSR count). The zero-order valence-corrected chi connectivity index (χ0v) is 12.7. The van der Waals surface area contributed by atoms with Crippen molar-refractivity contribution in [3.63, 3.8) is 0 Å². The van der Waals surface area contributed by atoms with Gasteiger partial charge in [-0.05, 0) is 30.5 Å². The first-order chi connectivity index (χ1) is 10.0. The molecule has 0 aliphatic carbocycles. The summed E-state index contributed by atoms with van der Waals surface area (Å²) in [5, 5.41) is 1.39. The normalized spacial score (nSPS) is 11.2. The molecule has 6 heteroatoms. The predicted molar refractivity (Wildman–Crippen MR) is 81.3 cm³/mol. The van der Waals surface area contributed by atoms with Crippen LogP contribution in [-0.2, 0) is 0 Å². The number of benzene rings is 1. The van der Waals surface area contributed by atoms with Crippen LogP contribution < -0.4 is 10.4 Å². The molecule has 1 aromatic carbocycles. The minimum absolute atomic E-state index is 0.245. The monoisotopic (exact) mass is 302 g/mol. The molecular weight excluding hydrogens is 288 g/mol. The molecule has 0 unspecified atom stereocenters. The summed E-state index contributed by atoms with van der Waals surface area (Å²) in [5.41, 5.74) is 1.14. The Hall–Kier alpha value is -2.21. The van der Waals surface area contributed by atoms with Gasteiger partial charge in [-0.15, -0.1) is 0 Å². The lowest BCUT2D eigenvalue weighted by atomic mass is 10.00. The van der Waals surface area contributed by atoms with Crippen molar-refractivity contribution in [3.05, 3.63) is 46.1 Å². The van der Waals surface area contributed by atoms with Gasteiger partial charge in [-0.3, -0.25) is 0 Å². The van der Waals surface area contributed by atoms with Crippen LogP contribution in [0.15, 0.2) is 33.5 Å². The first-order valence-corrected chi connectivity index (χ1v) is 7.36. The van der Waals surface area contributed by atoms with Crippen LogP contribution in [0, 0.1) is 6.92 Å². The third-order valence-electron chi connectivity index (χ3n) is 3.08. The molecule has 21 heavy (non-hydrogen) atoms. The number of aromatic nitrogens is 2. The molecular formula is C15H14N2O3S. The van der Waals surface area contributed by atoms with E-state index in [0.717, 1.165) is 10.9 Å². The van der Waals surface area contributed by atoms with Gasteiger partial charge in [0.15, 0.2) is 0 Å². The lowest BCUT2D eigenvalue weighted by molar-refractivity contribution is 0.475. The van der Waals surface area contributed by atoms with Crippen LogP contribution in [0.2, 0.25) is 0 Å². The Morgan fingerprint density at radius 2 is 2.10 bits per heavy atom. The summed E-state index contributed by atoms with van der Waals surface area (Å²) >= 11 is 1.19. The average Bonchev–Trinajstić information content (AvgIpc) is 2.82. The molecule has 0 radical (unpaired) electrons. The molecule has 0 saturated heterocycles. The van der Waals surface area contributed by atoms with Crippen LogP contribution in [0.1, 0.15) is 31.2 Å². The molecule has 0 fully saturated rings. The Kier molecular flexibility index (Phi) is 3.47. The Bertz CT molecular complexity index is 851. The Balaban J connectivity index is 2.05. The largest absolute Gasteiger partial charge is 0.430 e. The standard InChI is InChI=1S/C15H14N2O3S/c1-8(2)12-7-14(18)20-13-6-10(4-5-11(12)13)19-15-16-9(3)17-21-15/h4-8H,1-3H3. The molecule has 0 aliphatic heterocycles. The van der Waals surface area contributed by atoms with Crippen LogP contribution in [-0.4, -0.2) is 9.36 Å². The molecule has 5 nitrogen and oxygen atoms in total. The molecule has 0 saturated carbocycles. The van der Waals surface area contributed by atoms with E-state index in [-0.39, 0.29) is 11.5 Å². The van der Waals surface area contributed by atoms with Crippen molar-refractivity contribution in [2.45, 2.75) is 26.7 Å². The van der Waals surface area contributed by atoms with Crippen LogP contribution in [0.3, 0.4) is 0 Å². The highest BCUT2D eigenvalue weighted by Crippen LogP contribution is 2.29. The van der Waals surface area contributed by atoms with Gasteiger partial charge < -0.3 is 9.15 Å². The first-order valence-electron chi connectivity index (χ1n) is 6.59. The summed E-state index contributed by atoms with van der Waals surface area (Å²) in [5.74, 6) is 1.49. The third-order valence-corrected chi connectivity index (χ3v) is 3.77. The predicted octanol–water partition coefficient (Wildman–Crippen LogP) is 3.87. The Morgan fingerprint density at radius 1 is 1.29 bits per heavy atom. The number of rotatable bonds is 3. The fourth-order valence-electron chi connectivity index (χ4n) is 2.13. The highest BCUT2D eigenvalue weighted by molar-refractivity contribution is 7.07. The van der Waals surface area contributed by atoms with Gasteiger partial charge in [0.2, 0.25) is 0 Å². The molecule has 0 N–H and O–H groups in total. The van der Waals surface area contributed by atoms with Crippen molar-refractivity contribution < 1.29 is 9.15 Å². The van der Waals surface area contributed by atoms with E-state index < -0.39 is 0 Å². The molecule has 0 atom stereocenters. The maximum absolute atomic E-state index is 11.7. The van der Waals surface area contributed by atoms with Crippen LogP contribution >= 0.6 is 11.5 Å². The maximum Gasteiger partial charge on any atom is 0.336 e. The highest BCUT2D eigenvalue weighted by Gasteiger charge is 2.11. The molecule has 2 heterocycles. The molecule has 108 valence electrons. The van der Waals surface area contributed by atoms with E-state index in [1.807, 2.05) is 26.0 Å². The lowest BCUT2D eigenvalue weighted by Crippen LogP contribution is -2.02. The fraction of sp³-hybridized carbons (Fsp3) is 0.267. The molecule has 0 bridgehead atoms. The third kappa shape index (κ3) is 2.80. The van der Waals surface area contributed by atoms with E-state index in [1.165, 1.54) is 11.5 Å². The number of aryl methyl sites for hydroxylation is 1. The van der Waals surface area contributed by atoms with E-state index in [2.05, 4.69) is 9.36 Å². The number of ether oxygens (including phenoxy) is 1. The Labute approximate surface area is 125 Å². The summed E-state index contributed by atoms with van der Waals surface area (Å²) in [7, 11) is 0. The van der Waals surface area contributed by atoms with Gasteiger partial charge in [-0.2, -0.15) is 9.36 Å². The van der Waals surface area contributed by atoms with E-state index in [4.69, 9.17) is 9.15 Å². The molecule has 3 aromatic rings. The Morgan fingerprint density at radius 3 is 2.76 bits per heavy atom.